The predicted molar refractivity (Wildman–Crippen MR) is 79.5 cm³/mol. The molecule has 4 nitrogen and oxygen atoms in total. The molecular weight excluding hydrogens is 262 g/mol. The second kappa shape index (κ2) is 9.50. The van der Waals surface area contributed by atoms with E-state index in [1.807, 2.05) is 0 Å². The van der Waals surface area contributed by atoms with Crippen LogP contribution in [0.1, 0.15) is 58.3 Å². The molecule has 2 unspecified atom stereocenters. The largest absolute Gasteiger partial charge is 0.394 e. The number of nitrogens with zero attached hydrogens (tertiary/aromatic N) is 1. The fourth-order valence-electron chi connectivity index (χ4n) is 2.13. The predicted octanol–water partition coefficient (Wildman–Crippen LogP) is 2.52. The van der Waals surface area contributed by atoms with Gasteiger partial charge in [-0.1, -0.05) is 45.4 Å². The number of rotatable bonds is 10. The third-order valence-corrected chi connectivity index (χ3v) is 4.36. The molecule has 0 amide bonds. The second-order valence-electron chi connectivity index (χ2n) is 5.09. The second-order valence-corrected chi connectivity index (χ2v) is 6.06. The van der Waals surface area contributed by atoms with Crippen molar-refractivity contribution in [2.45, 2.75) is 69.6 Å². The molecule has 0 aromatic heterocycles. The van der Waals surface area contributed by atoms with E-state index >= 15 is 0 Å². The molecule has 0 radical (unpaired) electrons. The molecule has 0 bridgehead atoms. The average molecular weight is 287 g/mol. The summed E-state index contributed by atoms with van der Waals surface area (Å²) in [7, 11) is 0. The Morgan fingerprint density at radius 2 is 1.95 bits per heavy atom. The summed E-state index contributed by atoms with van der Waals surface area (Å²) in [4.78, 5) is 12.0. The Bertz CT molecular complexity index is 307. The van der Waals surface area contributed by atoms with Gasteiger partial charge in [0.2, 0.25) is 0 Å². The summed E-state index contributed by atoms with van der Waals surface area (Å²) in [6.45, 7) is 1.88. The molecule has 0 fully saturated rings. The number of carbonyl (C=O) groups excluding carboxylic acids is 1. The third kappa shape index (κ3) is 6.06. The Hall–Kier alpha value is -0.390. The van der Waals surface area contributed by atoms with Gasteiger partial charge in [-0.2, -0.15) is 0 Å². The number of hydrogen-bond acceptors (Lipinski definition) is 5. The minimum Gasteiger partial charge on any atom is -0.394 e. The lowest BCUT2D eigenvalue weighted by molar-refractivity contribution is -0.112. The van der Waals surface area contributed by atoms with E-state index in [9.17, 15) is 9.90 Å². The van der Waals surface area contributed by atoms with Crippen molar-refractivity contribution in [1.29, 1.82) is 0 Å². The van der Waals surface area contributed by atoms with Crippen LogP contribution in [0.5, 0.6) is 0 Å². The molecule has 1 aliphatic rings. The molecule has 0 aromatic carbocycles. The van der Waals surface area contributed by atoms with Gasteiger partial charge in [0.15, 0.2) is 5.78 Å². The van der Waals surface area contributed by atoms with Crippen LogP contribution in [-0.4, -0.2) is 39.7 Å². The van der Waals surface area contributed by atoms with Gasteiger partial charge in [-0.3, -0.25) is 4.79 Å². The summed E-state index contributed by atoms with van der Waals surface area (Å²) >= 11 is 1.33. The highest BCUT2D eigenvalue weighted by molar-refractivity contribution is 8.00. The van der Waals surface area contributed by atoms with Crippen molar-refractivity contribution in [3.05, 3.63) is 0 Å². The van der Waals surface area contributed by atoms with Crippen LogP contribution in [-0.2, 0) is 4.79 Å². The SMILES string of the molecule is CCCCCCCCC1SN=C(CC(O)CO)C1=O. The van der Waals surface area contributed by atoms with E-state index in [1.165, 1.54) is 44.1 Å². The minimum atomic E-state index is -0.865. The maximum atomic E-state index is 12.0. The molecule has 0 saturated heterocycles. The Morgan fingerprint density at radius 1 is 1.26 bits per heavy atom. The fourth-order valence-corrected chi connectivity index (χ4v) is 3.05. The first-order valence-corrected chi connectivity index (χ1v) is 8.08. The van der Waals surface area contributed by atoms with E-state index in [0.29, 0.717) is 5.71 Å². The monoisotopic (exact) mass is 287 g/mol. The topological polar surface area (TPSA) is 69.9 Å². The number of aliphatic hydroxyl groups is 2. The average Bonchev–Trinajstić information content (AvgIpc) is 2.75. The normalized spacial score (nSPS) is 20.7. The van der Waals surface area contributed by atoms with Crippen LogP contribution in [0.3, 0.4) is 0 Å². The Labute approximate surface area is 119 Å². The number of Topliss-reactive ketones (excluding diaryl/α,β-unsaturated/α-hetero) is 1. The summed E-state index contributed by atoms with van der Waals surface area (Å²) < 4.78 is 4.13. The molecule has 2 atom stereocenters. The van der Waals surface area contributed by atoms with E-state index in [4.69, 9.17) is 5.11 Å². The van der Waals surface area contributed by atoms with Crippen molar-refractivity contribution < 1.29 is 15.0 Å². The summed E-state index contributed by atoms with van der Waals surface area (Å²) in [5.74, 6) is 0.0473. The molecule has 2 N–H and O–H groups in total. The standard InChI is InChI=1S/C14H25NO3S/c1-2-3-4-5-6-7-8-13-14(18)12(15-19-13)9-11(17)10-16/h11,13,16-17H,2-10H2,1H3. The molecule has 1 aliphatic heterocycles. The van der Waals surface area contributed by atoms with Crippen LogP contribution in [0, 0.1) is 0 Å². The van der Waals surface area contributed by atoms with Crippen molar-refractivity contribution in [2.75, 3.05) is 6.61 Å². The van der Waals surface area contributed by atoms with Gasteiger partial charge < -0.3 is 10.2 Å². The summed E-state index contributed by atoms with van der Waals surface area (Å²) in [5.41, 5.74) is 0.433. The lowest BCUT2D eigenvalue weighted by Gasteiger charge is -2.08. The molecule has 5 heteroatoms. The summed E-state index contributed by atoms with van der Waals surface area (Å²) in [6, 6.07) is 0. The quantitative estimate of drug-likeness (QED) is 0.478. The lowest BCUT2D eigenvalue weighted by atomic mass is 10.0. The molecule has 0 saturated carbocycles. The van der Waals surface area contributed by atoms with Gasteiger partial charge in [-0.25, -0.2) is 4.40 Å². The maximum absolute atomic E-state index is 12.0. The van der Waals surface area contributed by atoms with Crippen LogP contribution >= 0.6 is 11.9 Å². The van der Waals surface area contributed by atoms with Gasteiger partial charge in [0.25, 0.3) is 0 Å². The van der Waals surface area contributed by atoms with Crippen LogP contribution in [0.2, 0.25) is 0 Å². The lowest BCUT2D eigenvalue weighted by Crippen LogP contribution is -2.26. The van der Waals surface area contributed by atoms with Gasteiger partial charge in [-0.15, -0.1) is 0 Å². The van der Waals surface area contributed by atoms with E-state index in [1.54, 1.807) is 0 Å². The molecule has 0 aromatic rings. The zero-order valence-corrected chi connectivity index (χ0v) is 12.5. The number of ketones is 1. The van der Waals surface area contributed by atoms with E-state index in [0.717, 1.165) is 12.8 Å². The van der Waals surface area contributed by atoms with E-state index in [2.05, 4.69) is 11.3 Å². The number of unbranched alkanes of at least 4 members (excludes halogenated alkanes) is 5. The summed E-state index contributed by atoms with van der Waals surface area (Å²) in [5, 5.41) is 18.0. The van der Waals surface area contributed by atoms with E-state index < -0.39 is 6.10 Å². The van der Waals surface area contributed by atoms with Crippen LogP contribution < -0.4 is 0 Å². The first-order chi connectivity index (χ1) is 9.19. The van der Waals surface area contributed by atoms with Crippen molar-refractivity contribution >= 4 is 23.4 Å². The molecular formula is C14H25NO3S. The van der Waals surface area contributed by atoms with Gasteiger partial charge in [-0.05, 0) is 18.4 Å². The number of carbonyl (C=O) groups is 1. The Morgan fingerprint density at radius 3 is 2.63 bits per heavy atom. The first kappa shape index (κ1) is 16.7. The maximum Gasteiger partial charge on any atom is 0.192 e. The summed E-state index contributed by atoms with van der Waals surface area (Å²) in [6.07, 6.45) is 7.51. The third-order valence-electron chi connectivity index (χ3n) is 3.33. The van der Waals surface area contributed by atoms with Crippen molar-refractivity contribution in [3.63, 3.8) is 0 Å². The highest BCUT2D eigenvalue weighted by atomic mass is 32.2. The zero-order valence-electron chi connectivity index (χ0n) is 11.7. The molecule has 0 aliphatic carbocycles. The van der Waals surface area contributed by atoms with Crippen molar-refractivity contribution in [3.8, 4) is 0 Å². The van der Waals surface area contributed by atoms with Crippen molar-refractivity contribution in [2.24, 2.45) is 4.40 Å². The van der Waals surface area contributed by atoms with Crippen LogP contribution in [0.15, 0.2) is 4.40 Å². The smallest absolute Gasteiger partial charge is 0.192 e. The fraction of sp³-hybridized carbons (Fsp3) is 0.857. The van der Waals surface area contributed by atoms with E-state index in [-0.39, 0.29) is 24.1 Å². The van der Waals surface area contributed by atoms with Gasteiger partial charge in [0.1, 0.15) is 0 Å². The first-order valence-electron chi connectivity index (χ1n) is 7.24. The number of aliphatic hydroxyl groups excluding tert-OH is 2. The molecule has 110 valence electrons. The van der Waals surface area contributed by atoms with Crippen LogP contribution in [0.25, 0.3) is 0 Å². The molecule has 1 rings (SSSR count). The molecule has 19 heavy (non-hydrogen) atoms. The van der Waals surface area contributed by atoms with Crippen LogP contribution in [0.4, 0.5) is 0 Å². The van der Waals surface area contributed by atoms with Gasteiger partial charge >= 0.3 is 0 Å². The van der Waals surface area contributed by atoms with Gasteiger partial charge in [0.05, 0.1) is 23.7 Å². The minimum absolute atomic E-state index is 0.0473. The number of hydrogen-bond donors (Lipinski definition) is 2. The molecule has 0 spiro atoms. The highest BCUT2D eigenvalue weighted by Crippen LogP contribution is 2.28. The zero-order chi connectivity index (χ0) is 14.1. The van der Waals surface area contributed by atoms with Gasteiger partial charge in [0, 0.05) is 6.42 Å². The Kier molecular flexibility index (Phi) is 8.34. The van der Waals surface area contributed by atoms with Crippen molar-refractivity contribution in [1.82, 2.24) is 0 Å². The highest BCUT2D eigenvalue weighted by Gasteiger charge is 2.30. The Balaban J connectivity index is 2.15. The molecule has 1 heterocycles.